The first-order chi connectivity index (χ1) is 9.27. The Bertz CT molecular complexity index is 432. The molecule has 1 aromatic rings. The van der Waals surface area contributed by atoms with Crippen molar-refractivity contribution in [1.29, 1.82) is 0 Å². The smallest absolute Gasteiger partial charge is 0.341 e. The second kappa shape index (κ2) is 6.52. The third-order valence-corrected chi connectivity index (χ3v) is 3.41. The average Bonchev–Trinajstić information content (AvgIpc) is 2.36. The zero-order valence-electron chi connectivity index (χ0n) is 11.2. The van der Waals surface area contributed by atoms with E-state index in [2.05, 4.69) is 4.98 Å². The van der Waals surface area contributed by atoms with E-state index >= 15 is 0 Å². The van der Waals surface area contributed by atoms with E-state index in [0.717, 1.165) is 12.8 Å². The number of anilines is 1. The van der Waals surface area contributed by atoms with Gasteiger partial charge in [-0.15, -0.1) is 0 Å². The molecule has 1 heterocycles. The van der Waals surface area contributed by atoms with Crippen LogP contribution in [0.4, 0.5) is 5.82 Å². The van der Waals surface area contributed by atoms with Gasteiger partial charge in [-0.05, 0) is 38.3 Å². The number of ether oxygens (including phenoxy) is 1. The molecule has 104 valence electrons. The number of aliphatic hydroxyl groups is 1. The van der Waals surface area contributed by atoms with E-state index in [4.69, 9.17) is 4.74 Å². The quantitative estimate of drug-likeness (QED) is 0.791. The number of hydrogen-bond acceptors (Lipinski definition) is 5. The van der Waals surface area contributed by atoms with E-state index in [-0.39, 0.29) is 12.6 Å². The number of aromatic nitrogens is 1. The van der Waals surface area contributed by atoms with Crippen LogP contribution in [0.3, 0.4) is 0 Å². The van der Waals surface area contributed by atoms with Crippen LogP contribution in [-0.4, -0.2) is 41.9 Å². The Balaban J connectivity index is 2.27. The molecule has 5 heteroatoms. The van der Waals surface area contributed by atoms with Crippen LogP contribution in [0.25, 0.3) is 0 Å². The second-order valence-electron chi connectivity index (χ2n) is 4.60. The first-order valence-electron chi connectivity index (χ1n) is 6.77. The van der Waals surface area contributed by atoms with Crippen LogP contribution in [0.15, 0.2) is 18.3 Å². The van der Waals surface area contributed by atoms with Crippen LogP contribution in [0.5, 0.6) is 0 Å². The summed E-state index contributed by atoms with van der Waals surface area (Å²) in [5.74, 6) is 0.271. The van der Waals surface area contributed by atoms with Gasteiger partial charge in [0.25, 0.3) is 0 Å². The van der Waals surface area contributed by atoms with Gasteiger partial charge in [0.1, 0.15) is 11.4 Å². The summed E-state index contributed by atoms with van der Waals surface area (Å²) in [7, 11) is 0. The largest absolute Gasteiger partial charge is 0.462 e. The SMILES string of the molecule is CCOC(=O)c1cccnc1N(CCO)C1CCC1. The standard InChI is InChI=1S/C14H20N2O3/c1-2-19-14(18)12-7-4-8-15-13(12)16(9-10-17)11-5-3-6-11/h4,7-8,11,17H,2-3,5-6,9-10H2,1H3. The molecule has 2 rings (SSSR count). The highest BCUT2D eigenvalue weighted by Gasteiger charge is 2.28. The van der Waals surface area contributed by atoms with Crippen molar-refractivity contribution < 1.29 is 14.6 Å². The van der Waals surface area contributed by atoms with Crippen molar-refractivity contribution in [2.24, 2.45) is 0 Å². The highest BCUT2D eigenvalue weighted by atomic mass is 16.5. The van der Waals surface area contributed by atoms with E-state index in [1.807, 2.05) is 4.90 Å². The second-order valence-corrected chi connectivity index (χ2v) is 4.60. The summed E-state index contributed by atoms with van der Waals surface area (Å²) < 4.78 is 5.06. The van der Waals surface area contributed by atoms with E-state index < -0.39 is 0 Å². The van der Waals surface area contributed by atoms with Crippen molar-refractivity contribution in [3.8, 4) is 0 Å². The molecule has 0 amide bonds. The lowest BCUT2D eigenvalue weighted by Crippen LogP contribution is -2.43. The topological polar surface area (TPSA) is 62.7 Å². The van der Waals surface area contributed by atoms with Gasteiger partial charge < -0.3 is 14.7 Å². The van der Waals surface area contributed by atoms with Gasteiger partial charge >= 0.3 is 5.97 Å². The van der Waals surface area contributed by atoms with Crippen LogP contribution in [-0.2, 0) is 4.74 Å². The summed E-state index contributed by atoms with van der Waals surface area (Å²) in [6.07, 6.45) is 5.02. The zero-order valence-corrected chi connectivity index (χ0v) is 11.2. The van der Waals surface area contributed by atoms with Crippen LogP contribution < -0.4 is 4.90 Å². The summed E-state index contributed by atoms with van der Waals surface area (Å²) in [4.78, 5) is 18.3. The first-order valence-corrected chi connectivity index (χ1v) is 6.77. The van der Waals surface area contributed by atoms with Crippen molar-refractivity contribution in [2.75, 3.05) is 24.7 Å². The molecular weight excluding hydrogens is 244 g/mol. The number of nitrogens with zero attached hydrogens (tertiary/aromatic N) is 2. The fourth-order valence-corrected chi connectivity index (χ4v) is 2.26. The van der Waals surface area contributed by atoms with E-state index in [1.54, 1.807) is 25.3 Å². The minimum atomic E-state index is -0.354. The number of pyridine rings is 1. The molecule has 1 saturated carbocycles. The Kier molecular flexibility index (Phi) is 4.74. The molecule has 0 unspecified atom stereocenters. The minimum absolute atomic E-state index is 0.0509. The molecule has 0 aliphatic heterocycles. The monoisotopic (exact) mass is 264 g/mol. The lowest BCUT2D eigenvalue weighted by molar-refractivity contribution is 0.0526. The van der Waals surface area contributed by atoms with Gasteiger partial charge in [-0.1, -0.05) is 0 Å². The fraction of sp³-hybridized carbons (Fsp3) is 0.571. The third kappa shape index (κ3) is 3.04. The number of carbonyl (C=O) groups excluding carboxylic acids is 1. The molecule has 5 nitrogen and oxygen atoms in total. The summed E-state index contributed by atoms with van der Waals surface area (Å²) in [5, 5.41) is 9.21. The molecule has 0 radical (unpaired) electrons. The lowest BCUT2D eigenvalue weighted by Gasteiger charge is -2.38. The Morgan fingerprint density at radius 2 is 2.37 bits per heavy atom. The Labute approximate surface area is 113 Å². The summed E-state index contributed by atoms with van der Waals surface area (Å²) >= 11 is 0. The summed E-state index contributed by atoms with van der Waals surface area (Å²) in [6, 6.07) is 3.83. The van der Waals surface area contributed by atoms with Gasteiger partial charge in [0.15, 0.2) is 0 Å². The first kappa shape index (κ1) is 13.8. The molecule has 0 aromatic carbocycles. The van der Waals surface area contributed by atoms with Gasteiger partial charge in [-0.3, -0.25) is 0 Å². The molecule has 1 fully saturated rings. The molecule has 1 aliphatic rings. The highest BCUT2D eigenvalue weighted by Crippen LogP contribution is 2.30. The molecule has 1 aliphatic carbocycles. The maximum Gasteiger partial charge on any atom is 0.341 e. The predicted molar refractivity (Wildman–Crippen MR) is 72.3 cm³/mol. The normalized spacial score (nSPS) is 14.8. The molecule has 0 atom stereocenters. The third-order valence-electron chi connectivity index (χ3n) is 3.41. The van der Waals surface area contributed by atoms with Crippen molar-refractivity contribution in [2.45, 2.75) is 32.2 Å². The number of carbonyl (C=O) groups is 1. The van der Waals surface area contributed by atoms with Crippen molar-refractivity contribution in [3.63, 3.8) is 0 Å². The summed E-state index contributed by atoms with van der Waals surface area (Å²) in [6.45, 7) is 2.67. The number of aliphatic hydroxyl groups excluding tert-OH is 1. The van der Waals surface area contributed by atoms with Gasteiger partial charge in [0, 0.05) is 18.8 Å². The molecule has 1 aromatic heterocycles. The van der Waals surface area contributed by atoms with Gasteiger partial charge in [-0.25, -0.2) is 9.78 Å². The van der Waals surface area contributed by atoms with E-state index in [0.29, 0.717) is 30.6 Å². The van der Waals surface area contributed by atoms with Gasteiger partial charge in [-0.2, -0.15) is 0 Å². The Morgan fingerprint density at radius 1 is 1.58 bits per heavy atom. The van der Waals surface area contributed by atoms with E-state index in [1.165, 1.54) is 6.42 Å². The van der Waals surface area contributed by atoms with Crippen LogP contribution in [0.2, 0.25) is 0 Å². The maximum atomic E-state index is 12.0. The lowest BCUT2D eigenvalue weighted by atomic mass is 9.91. The molecule has 1 N–H and O–H groups in total. The summed E-state index contributed by atoms with van der Waals surface area (Å²) in [5.41, 5.74) is 0.477. The molecular formula is C14H20N2O3. The van der Waals surface area contributed by atoms with Crippen LogP contribution in [0, 0.1) is 0 Å². The van der Waals surface area contributed by atoms with E-state index in [9.17, 15) is 9.90 Å². The van der Waals surface area contributed by atoms with Crippen molar-refractivity contribution >= 4 is 11.8 Å². The van der Waals surface area contributed by atoms with Crippen molar-refractivity contribution in [1.82, 2.24) is 4.98 Å². The van der Waals surface area contributed by atoms with Crippen LogP contribution in [0.1, 0.15) is 36.5 Å². The maximum absolute atomic E-state index is 12.0. The predicted octanol–water partition coefficient (Wildman–Crippen LogP) is 1.61. The fourth-order valence-electron chi connectivity index (χ4n) is 2.26. The number of hydrogen-bond donors (Lipinski definition) is 1. The Morgan fingerprint density at radius 3 is 2.95 bits per heavy atom. The van der Waals surface area contributed by atoms with Gasteiger partial charge in [0.2, 0.25) is 0 Å². The number of rotatable bonds is 6. The molecule has 19 heavy (non-hydrogen) atoms. The number of esters is 1. The average molecular weight is 264 g/mol. The molecule has 0 saturated heterocycles. The minimum Gasteiger partial charge on any atom is -0.462 e. The van der Waals surface area contributed by atoms with Crippen LogP contribution >= 0.6 is 0 Å². The van der Waals surface area contributed by atoms with Gasteiger partial charge in [0.05, 0.1) is 13.2 Å². The van der Waals surface area contributed by atoms with Crippen molar-refractivity contribution in [3.05, 3.63) is 23.9 Å². The molecule has 0 spiro atoms. The zero-order chi connectivity index (χ0) is 13.7. The molecule has 0 bridgehead atoms. The highest BCUT2D eigenvalue weighted by molar-refractivity contribution is 5.94. The Hall–Kier alpha value is -1.62.